The molecule has 2 aromatic carbocycles. The van der Waals surface area contributed by atoms with E-state index in [1.54, 1.807) is 19.2 Å². The van der Waals surface area contributed by atoms with E-state index in [-0.39, 0.29) is 42.5 Å². The van der Waals surface area contributed by atoms with E-state index in [9.17, 15) is 14.4 Å². The van der Waals surface area contributed by atoms with E-state index in [0.717, 1.165) is 22.9 Å². The molecule has 7 nitrogen and oxygen atoms in total. The van der Waals surface area contributed by atoms with E-state index in [2.05, 4.69) is 21.2 Å². The minimum absolute atomic E-state index is 0.116. The van der Waals surface area contributed by atoms with Gasteiger partial charge in [0.1, 0.15) is 5.75 Å². The number of methoxy groups -OCH3 is 1. The monoisotopic (exact) mass is 472 g/mol. The average molecular weight is 473 g/mol. The van der Waals surface area contributed by atoms with Crippen molar-refractivity contribution in [1.29, 1.82) is 0 Å². The first kappa shape index (κ1) is 20.6. The zero-order valence-electron chi connectivity index (χ0n) is 16.4. The van der Waals surface area contributed by atoms with Gasteiger partial charge in [-0.2, -0.15) is 0 Å². The van der Waals surface area contributed by atoms with Gasteiger partial charge >= 0.3 is 0 Å². The number of nitrogens with zero attached hydrogens (tertiary/aromatic N) is 1. The van der Waals surface area contributed by atoms with Crippen molar-refractivity contribution in [2.45, 2.75) is 25.5 Å². The first-order valence-electron chi connectivity index (χ1n) is 9.70. The van der Waals surface area contributed by atoms with Crippen molar-refractivity contribution in [2.24, 2.45) is 0 Å². The molecule has 0 spiro atoms. The van der Waals surface area contributed by atoms with Gasteiger partial charge in [-0.1, -0.05) is 15.9 Å². The number of ether oxygens (including phenoxy) is 2. The maximum Gasteiger partial charge on any atom is 0.261 e. The zero-order chi connectivity index (χ0) is 21.3. The molecule has 0 bridgehead atoms. The molecule has 8 heteroatoms. The fourth-order valence-corrected chi connectivity index (χ4v) is 4.16. The van der Waals surface area contributed by atoms with Crippen LogP contribution in [-0.4, -0.2) is 49.0 Å². The number of imide groups is 1. The Bertz CT molecular complexity index is 1020. The number of nitrogens with one attached hydrogen (secondary N) is 1. The molecule has 2 heterocycles. The van der Waals surface area contributed by atoms with E-state index < -0.39 is 0 Å². The molecule has 1 N–H and O–H groups in total. The van der Waals surface area contributed by atoms with Crippen LogP contribution in [0.1, 0.15) is 49.5 Å². The van der Waals surface area contributed by atoms with E-state index >= 15 is 0 Å². The standard InChI is InChI=1S/C22H21BrN2O5/c1-29-19-7-5-15(23)9-14(19)11-24-20(26)13-4-6-17-18(10-13)22(28)25(21(17)27)12-16-3-2-8-30-16/h4-7,9-10,16H,2-3,8,11-12H2,1H3,(H,24,26). The predicted octanol–water partition coefficient (Wildman–Crippen LogP) is 3.16. The fraction of sp³-hybridized carbons (Fsp3) is 0.318. The van der Waals surface area contributed by atoms with Gasteiger partial charge in [-0.25, -0.2) is 0 Å². The second-order valence-corrected chi connectivity index (χ2v) is 8.17. The summed E-state index contributed by atoms with van der Waals surface area (Å²) >= 11 is 3.41. The van der Waals surface area contributed by atoms with Crippen molar-refractivity contribution >= 4 is 33.7 Å². The highest BCUT2D eigenvalue weighted by Crippen LogP contribution is 2.26. The molecule has 156 valence electrons. The first-order chi connectivity index (χ1) is 14.5. The summed E-state index contributed by atoms with van der Waals surface area (Å²) in [5.74, 6) is -0.388. The summed E-state index contributed by atoms with van der Waals surface area (Å²) in [5.41, 5.74) is 1.71. The lowest BCUT2D eigenvalue weighted by Gasteiger charge is -2.17. The minimum atomic E-state index is -0.381. The van der Waals surface area contributed by atoms with E-state index in [1.165, 1.54) is 11.0 Å². The molecule has 30 heavy (non-hydrogen) atoms. The molecule has 1 saturated heterocycles. The van der Waals surface area contributed by atoms with Gasteiger partial charge in [-0.15, -0.1) is 0 Å². The van der Waals surface area contributed by atoms with Gasteiger partial charge in [0.15, 0.2) is 0 Å². The molecule has 1 unspecified atom stereocenters. The number of hydrogen-bond donors (Lipinski definition) is 1. The Morgan fingerprint density at radius 3 is 2.73 bits per heavy atom. The summed E-state index contributed by atoms with van der Waals surface area (Å²) in [6, 6.07) is 10.1. The Morgan fingerprint density at radius 1 is 1.20 bits per heavy atom. The Labute approximate surface area is 182 Å². The molecule has 1 fully saturated rings. The van der Waals surface area contributed by atoms with Gasteiger partial charge in [0.25, 0.3) is 17.7 Å². The smallest absolute Gasteiger partial charge is 0.261 e. The SMILES string of the molecule is COc1ccc(Br)cc1CNC(=O)c1ccc2c(c1)C(=O)N(CC1CCCO1)C2=O. The maximum absolute atomic E-state index is 12.8. The quantitative estimate of drug-likeness (QED) is 0.652. The molecule has 2 aromatic rings. The number of halogens is 1. The molecule has 2 aliphatic heterocycles. The molecule has 2 aliphatic rings. The van der Waals surface area contributed by atoms with Crippen LogP contribution in [0, 0.1) is 0 Å². The number of hydrogen-bond acceptors (Lipinski definition) is 5. The van der Waals surface area contributed by atoms with E-state index in [4.69, 9.17) is 9.47 Å². The highest BCUT2D eigenvalue weighted by atomic mass is 79.9. The highest BCUT2D eigenvalue weighted by Gasteiger charge is 2.37. The van der Waals surface area contributed by atoms with Crippen molar-refractivity contribution in [3.05, 3.63) is 63.1 Å². The van der Waals surface area contributed by atoms with Crippen molar-refractivity contribution in [1.82, 2.24) is 10.2 Å². The number of rotatable bonds is 6. The number of benzene rings is 2. The second-order valence-electron chi connectivity index (χ2n) is 7.26. The summed E-state index contributed by atoms with van der Waals surface area (Å²) in [5, 5.41) is 2.83. The van der Waals surface area contributed by atoms with Crippen LogP contribution >= 0.6 is 15.9 Å². The van der Waals surface area contributed by atoms with Crippen LogP contribution in [0.5, 0.6) is 5.75 Å². The summed E-state index contributed by atoms with van der Waals surface area (Å²) in [6.45, 7) is 1.16. The summed E-state index contributed by atoms with van der Waals surface area (Å²) in [6.07, 6.45) is 1.65. The van der Waals surface area contributed by atoms with Gasteiger partial charge in [-0.3, -0.25) is 19.3 Å². The van der Waals surface area contributed by atoms with Crippen molar-refractivity contribution in [2.75, 3.05) is 20.3 Å². The van der Waals surface area contributed by atoms with Crippen LogP contribution in [0.4, 0.5) is 0 Å². The Balaban J connectivity index is 1.48. The predicted molar refractivity (Wildman–Crippen MR) is 113 cm³/mol. The minimum Gasteiger partial charge on any atom is -0.496 e. The third-order valence-electron chi connectivity index (χ3n) is 5.32. The first-order valence-corrected chi connectivity index (χ1v) is 10.5. The van der Waals surface area contributed by atoms with Crippen LogP contribution in [0.2, 0.25) is 0 Å². The molecular weight excluding hydrogens is 452 g/mol. The largest absolute Gasteiger partial charge is 0.496 e. The number of carbonyl (C=O) groups excluding carboxylic acids is 3. The normalized spacial score (nSPS) is 17.9. The summed E-state index contributed by atoms with van der Waals surface area (Å²) in [7, 11) is 1.57. The van der Waals surface area contributed by atoms with Crippen molar-refractivity contribution in [3.8, 4) is 5.75 Å². The number of fused-ring (bicyclic) bond motifs is 1. The summed E-state index contributed by atoms with van der Waals surface area (Å²) in [4.78, 5) is 39.3. The van der Waals surface area contributed by atoms with Crippen LogP contribution in [0.15, 0.2) is 40.9 Å². The molecule has 0 radical (unpaired) electrons. The third kappa shape index (κ3) is 3.97. The fourth-order valence-electron chi connectivity index (χ4n) is 3.75. The van der Waals surface area contributed by atoms with Crippen LogP contribution in [0.3, 0.4) is 0 Å². The van der Waals surface area contributed by atoms with Crippen LogP contribution in [-0.2, 0) is 11.3 Å². The van der Waals surface area contributed by atoms with E-state index in [0.29, 0.717) is 23.5 Å². The molecule has 0 aromatic heterocycles. The topological polar surface area (TPSA) is 84.9 Å². The number of carbonyl (C=O) groups is 3. The third-order valence-corrected chi connectivity index (χ3v) is 5.82. The van der Waals surface area contributed by atoms with Crippen molar-refractivity contribution < 1.29 is 23.9 Å². The van der Waals surface area contributed by atoms with Gasteiger partial charge in [0.05, 0.1) is 30.9 Å². The molecule has 0 saturated carbocycles. The second kappa shape index (κ2) is 8.57. The maximum atomic E-state index is 12.8. The zero-order valence-corrected chi connectivity index (χ0v) is 18.0. The van der Waals surface area contributed by atoms with Gasteiger partial charge in [-0.05, 0) is 49.2 Å². The highest BCUT2D eigenvalue weighted by molar-refractivity contribution is 9.10. The summed E-state index contributed by atoms with van der Waals surface area (Å²) < 4.78 is 11.7. The number of amides is 3. The molecular formula is C22H21BrN2O5. The van der Waals surface area contributed by atoms with Gasteiger partial charge in [0.2, 0.25) is 0 Å². The lowest BCUT2D eigenvalue weighted by atomic mass is 10.1. The molecule has 3 amide bonds. The van der Waals surface area contributed by atoms with Crippen molar-refractivity contribution in [3.63, 3.8) is 0 Å². The van der Waals surface area contributed by atoms with Crippen LogP contribution in [0.25, 0.3) is 0 Å². The average Bonchev–Trinajstić information content (AvgIpc) is 3.35. The van der Waals surface area contributed by atoms with Gasteiger partial charge in [0, 0.05) is 28.8 Å². The Morgan fingerprint density at radius 2 is 2.00 bits per heavy atom. The Kier molecular flexibility index (Phi) is 5.87. The molecule has 4 rings (SSSR count). The van der Waals surface area contributed by atoms with E-state index in [1.807, 2.05) is 18.2 Å². The lowest BCUT2D eigenvalue weighted by molar-refractivity contribution is 0.0475. The Hall–Kier alpha value is -2.71. The van der Waals surface area contributed by atoms with Crippen LogP contribution < -0.4 is 10.1 Å². The molecule has 0 aliphatic carbocycles. The van der Waals surface area contributed by atoms with Gasteiger partial charge < -0.3 is 14.8 Å². The lowest BCUT2D eigenvalue weighted by Crippen LogP contribution is -2.36. The molecule has 1 atom stereocenters.